The topological polar surface area (TPSA) is 86.5 Å². The zero-order valence-corrected chi connectivity index (χ0v) is 11.1. The van der Waals surface area contributed by atoms with Gasteiger partial charge in [-0.25, -0.2) is 0 Å². The monoisotopic (exact) mass is 287 g/mol. The summed E-state index contributed by atoms with van der Waals surface area (Å²) in [4.78, 5) is 33.8. The normalized spacial score (nSPS) is 36.7. The highest BCUT2D eigenvalue weighted by molar-refractivity contribution is 5.97. The maximum atomic E-state index is 11.8. The molecule has 4 rings (SSSR count). The highest BCUT2D eigenvalue weighted by atomic mass is 16.6. The van der Waals surface area contributed by atoms with Crippen LogP contribution in [0.25, 0.3) is 0 Å². The highest BCUT2D eigenvalue weighted by Crippen LogP contribution is 2.61. The molecule has 1 aromatic carbocycles. The molecule has 0 amide bonds. The molecule has 0 N–H and O–H groups in total. The van der Waals surface area contributed by atoms with Gasteiger partial charge in [0.15, 0.2) is 0 Å². The van der Waals surface area contributed by atoms with Gasteiger partial charge in [-0.05, 0) is 36.2 Å². The Morgan fingerprint density at radius 3 is 2.38 bits per heavy atom. The van der Waals surface area contributed by atoms with Crippen LogP contribution in [0, 0.1) is 33.8 Å². The number of non-ortho nitro benzene ring substituents is 1. The summed E-state index contributed by atoms with van der Waals surface area (Å²) < 4.78 is 4.78. The second-order valence-electron chi connectivity index (χ2n) is 6.14. The van der Waals surface area contributed by atoms with Crippen molar-refractivity contribution in [2.45, 2.75) is 18.8 Å². The van der Waals surface area contributed by atoms with E-state index in [0.29, 0.717) is 0 Å². The van der Waals surface area contributed by atoms with Gasteiger partial charge >= 0.3 is 11.9 Å². The molecule has 6 nitrogen and oxygen atoms in total. The minimum atomic E-state index is -0.423. The molecule has 1 aliphatic heterocycles. The van der Waals surface area contributed by atoms with Gasteiger partial charge in [-0.3, -0.25) is 19.7 Å². The summed E-state index contributed by atoms with van der Waals surface area (Å²) in [6.07, 6.45) is 1.73. The second kappa shape index (κ2) is 4.13. The van der Waals surface area contributed by atoms with Crippen LogP contribution >= 0.6 is 0 Å². The van der Waals surface area contributed by atoms with Gasteiger partial charge < -0.3 is 4.74 Å². The molecule has 6 heteroatoms. The number of nitro groups is 1. The molecule has 5 atom stereocenters. The number of benzene rings is 1. The number of rotatable bonds is 2. The minimum Gasteiger partial charge on any atom is -0.393 e. The van der Waals surface area contributed by atoms with Crippen LogP contribution in [-0.2, 0) is 14.3 Å². The SMILES string of the molecule is O=C1OC(=O)[C@H]2[C@H]3C[C@H]([C@@H]12)[C@H](c1ccc([N+](=O)[O-])cc1)C3. The molecule has 108 valence electrons. The van der Waals surface area contributed by atoms with Crippen molar-refractivity contribution in [3.05, 3.63) is 39.9 Å². The van der Waals surface area contributed by atoms with Crippen LogP contribution in [0.3, 0.4) is 0 Å². The Morgan fingerprint density at radius 2 is 1.71 bits per heavy atom. The van der Waals surface area contributed by atoms with E-state index >= 15 is 0 Å². The van der Waals surface area contributed by atoms with Crippen molar-refractivity contribution < 1.29 is 19.2 Å². The Labute approximate surface area is 120 Å². The van der Waals surface area contributed by atoms with E-state index in [-0.39, 0.29) is 47.2 Å². The fourth-order valence-corrected chi connectivity index (χ4v) is 4.48. The number of carbonyl (C=O) groups excluding carboxylic acids is 2. The van der Waals surface area contributed by atoms with Crippen molar-refractivity contribution in [2.75, 3.05) is 0 Å². The lowest BCUT2D eigenvalue weighted by Crippen LogP contribution is -2.29. The summed E-state index contributed by atoms with van der Waals surface area (Å²) in [6, 6.07) is 6.52. The van der Waals surface area contributed by atoms with Crippen molar-refractivity contribution in [2.24, 2.45) is 23.7 Å². The van der Waals surface area contributed by atoms with Crippen molar-refractivity contribution in [3.63, 3.8) is 0 Å². The molecule has 2 saturated carbocycles. The van der Waals surface area contributed by atoms with Crippen LogP contribution < -0.4 is 0 Å². The molecule has 0 unspecified atom stereocenters. The molecule has 0 spiro atoms. The standard InChI is InChI=1S/C15H13NO5/c17-14-12-8-5-10(11(6-8)13(12)15(18)21-14)7-1-3-9(4-2-7)16(19)20/h1-4,8,10-13H,5-6H2/t8-,10+,11+,12+,13-/m1/s1. The molecule has 2 aliphatic carbocycles. The summed E-state index contributed by atoms with van der Waals surface area (Å²) >= 11 is 0. The molecular formula is C15H13NO5. The molecule has 1 heterocycles. The molecule has 0 radical (unpaired) electrons. The van der Waals surface area contributed by atoms with Crippen LogP contribution in [0.15, 0.2) is 24.3 Å². The average Bonchev–Trinajstić information content (AvgIpc) is 3.12. The number of nitrogens with zero attached hydrogens (tertiary/aromatic N) is 1. The predicted octanol–water partition coefficient (Wildman–Crippen LogP) is 2.03. The Balaban J connectivity index is 1.63. The van der Waals surface area contributed by atoms with Gasteiger partial charge in [-0.1, -0.05) is 12.1 Å². The van der Waals surface area contributed by atoms with E-state index in [9.17, 15) is 19.7 Å². The van der Waals surface area contributed by atoms with Crippen molar-refractivity contribution in [3.8, 4) is 0 Å². The summed E-state index contributed by atoms with van der Waals surface area (Å²) in [5.41, 5.74) is 1.08. The quantitative estimate of drug-likeness (QED) is 0.359. The first-order valence-corrected chi connectivity index (χ1v) is 7.06. The fourth-order valence-electron chi connectivity index (χ4n) is 4.48. The number of esters is 2. The van der Waals surface area contributed by atoms with Gasteiger partial charge in [0.2, 0.25) is 0 Å². The first-order valence-electron chi connectivity index (χ1n) is 7.06. The average molecular weight is 287 g/mol. The van der Waals surface area contributed by atoms with Crippen LogP contribution in [0.2, 0.25) is 0 Å². The number of cyclic esters (lactones) is 2. The van der Waals surface area contributed by atoms with Gasteiger partial charge in [0.1, 0.15) is 0 Å². The van der Waals surface area contributed by atoms with Crippen molar-refractivity contribution in [1.29, 1.82) is 0 Å². The Kier molecular flexibility index (Phi) is 2.46. The van der Waals surface area contributed by atoms with Gasteiger partial charge in [0.05, 0.1) is 16.8 Å². The van der Waals surface area contributed by atoms with Crippen LogP contribution in [0.5, 0.6) is 0 Å². The zero-order valence-electron chi connectivity index (χ0n) is 11.1. The van der Waals surface area contributed by atoms with E-state index in [1.807, 2.05) is 0 Å². The van der Waals surface area contributed by atoms with E-state index in [1.54, 1.807) is 12.1 Å². The number of ether oxygens (including phenoxy) is 1. The lowest BCUT2D eigenvalue weighted by Gasteiger charge is -2.27. The number of hydrogen-bond acceptors (Lipinski definition) is 5. The summed E-state index contributed by atoms with van der Waals surface area (Å²) in [5, 5.41) is 10.7. The fraction of sp³-hybridized carbons (Fsp3) is 0.467. The second-order valence-corrected chi connectivity index (χ2v) is 6.14. The molecule has 3 fully saturated rings. The molecule has 3 aliphatic rings. The van der Waals surface area contributed by atoms with E-state index in [1.165, 1.54) is 12.1 Å². The van der Waals surface area contributed by atoms with E-state index in [4.69, 9.17) is 4.74 Å². The summed E-state index contributed by atoms with van der Waals surface area (Å²) in [7, 11) is 0. The maximum absolute atomic E-state index is 11.8. The van der Waals surface area contributed by atoms with Gasteiger partial charge in [-0.15, -0.1) is 0 Å². The Hall–Kier alpha value is -2.24. The number of carbonyl (C=O) groups is 2. The van der Waals surface area contributed by atoms with Gasteiger partial charge in [0, 0.05) is 12.1 Å². The Bertz CT molecular complexity index is 653. The highest BCUT2D eigenvalue weighted by Gasteiger charge is 2.63. The molecule has 2 bridgehead atoms. The van der Waals surface area contributed by atoms with Crippen molar-refractivity contribution in [1.82, 2.24) is 0 Å². The Morgan fingerprint density at radius 1 is 1.05 bits per heavy atom. The van der Waals surface area contributed by atoms with E-state index < -0.39 is 4.92 Å². The first-order chi connectivity index (χ1) is 10.1. The van der Waals surface area contributed by atoms with E-state index in [2.05, 4.69) is 0 Å². The molecular weight excluding hydrogens is 274 g/mol. The summed E-state index contributed by atoms with van der Waals surface area (Å²) in [6.45, 7) is 0. The molecule has 0 aromatic heterocycles. The number of hydrogen-bond donors (Lipinski definition) is 0. The van der Waals surface area contributed by atoms with Crippen LogP contribution in [0.1, 0.15) is 24.3 Å². The molecule has 21 heavy (non-hydrogen) atoms. The van der Waals surface area contributed by atoms with Crippen molar-refractivity contribution >= 4 is 17.6 Å². The minimum absolute atomic E-state index is 0.0650. The zero-order chi connectivity index (χ0) is 14.7. The third-order valence-electron chi connectivity index (χ3n) is 5.28. The van der Waals surface area contributed by atoms with Crippen LogP contribution in [0.4, 0.5) is 5.69 Å². The van der Waals surface area contributed by atoms with Crippen LogP contribution in [-0.4, -0.2) is 16.9 Å². The van der Waals surface area contributed by atoms with E-state index in [0.717, 1.165) is 18.4 Å². The van der Waals surface area contributed by atoms with Gasteiger partial charge in [0.25, 0.3) is 5.69 Å². The third-order valence-corrected chi connectivity index (χ3v) is 5.28. The number of fused-ring (bicyclic) bond motifs is 5. The smallest absolute Gasteiger partial charge is 0.317 e. The van der Waals surface area contributed by atoms with Gasteiger partial charge in [-0.2, -0.15) is 0 Å². The lowest BCUT2D eigenvalue weighted by atomic mass is 9.73. The molecule has 1 saturated heterocycles. The predicted molar refractivity (Wildman–Crippen MR) is 70.1 cm³/mol. The maximum Gasteiger partial charge on any atom is 0.317 e. The summed E-state index contributed by atoms with van der Waals surface area (Å²) in [5.74, 6) is -0.785. The lowest BCUT2D eigenvalue weighted by molar-refractivity contribution is -0.384. The largest absolute Gasteiger partial charge is 0.393 e. The number of nitro benzene ring substituents is 1. The third kappa shape index (κ3) is 1.65. The first kappa shape index (κ1) is 12.5. The molecule has 1 aromatic rings.